The molecule has 1 unspecified atom stereocenters. The zero-order valence-electron chi connectivity index (χ0n) is 12.8. The van der Waals surface area contributed by atoms with Crippen molar-refractivity contribution in [2.24, 2.45) is 5.92 Å². The maximum atomic E-state index is 9.67. The first-order valence-corrected chi connectivity index (χ1v) is 8.63. The molecule has 6 nitrogen and oxygen atoms in total. The summed E-state index contributed by atoms with van der Waals surface area (Å²) in [6, 6.07) is 2.48. The Bertz CT molecular complexity index is 525. The van der Waals surface area contributed by atoms with Gasteiger partial charge >= 0.3 is 0 Å². The zero-order valence-corrected chi connectivity index (χ0v) is 13.6. The Kier molecular flexibility index (Phi) is 5.23. The first kappa shape index (κ1) is 15.8. The van der Waals surface area contributed by atoms with Gasteiger partial charge in [0, 0.05) is 6.54 Å². The van der Waals surface area contributed by atoms with Crippen LogP contribution < -0.4 is 10.6 Å². The minimum absolute atomic E-state index is 0.402. The lowest BCUT2D eigenvalue weighted by Crippen LogP contribution is -2.39. The van der Waals surface area contributed by atoms with Crippen LogP contribution in [0.15, 0.2) is 5.16 Å². The van der Waals surface area contributed by atoms with Crippen molar-refractivity contribution in [3.63, 3.8) is 0 Å². The molecule has 1 aromatic rings. The van der Waals surface area contributed by atoms with Crippen LogP contribution in [0.3, 0.4) is 0 Å². The summed E-state index contributed by atoms with van der Waals surface area (Å²) in [6.07, 6.45) is 5.89. The number of aromatic nitrogens is 3. The van der Waals surface area contributed by atoms with Gasteiger partial charge in [0.15, 0.2) is 5.16 Å². The van der Waals surface area contributed by atoms with E-state index in [1.807, 2.05) is 13.2 Å². The summed E-state index contributed by atoms with van der Waals surface area (Å²) in [4.78, 5) is 13.1. The van der Waals surface area contributed by atoms with Crippen LogP contribution >= 0.6 is 11.8 Å². The van der Waals surface area contributed by atoms with Crippen LogP contribution in [0.4, 0.5) is 11.9 Å². The largest absolute Gasteiger partial charge is 0.354 e. The van der Waals surface area contributed by atoms with Crippen molar-refractivity contribution in [1.29, 1.82) is 5.26 Å². The fraction of sp³-hybridized carbons (Fsp3) is 0.714. The molecule has 0 spiro atoms. The van der Waals surface area contributed by atoms with E-state index in [9.17, 15) is 5.26 Å². The summed E-state index contributed by atoms with van der Waals surface area (Å²) in [6.45, 7) is 4.84. The minimum atomic E-state index is -0.546. The second kappa shape index (κ2) is 6.94. The number of nitriles is 1. The summed E-state index contributed by atoms with van der Waals surface area (Å²) in [5.41, 5.74) is -0.546. The van der Waals surface area contributed by atoms with Gasteiger partial charge < -0.3 is 10.6 Å². The quantitative estimate of drug-likeness (QED) is 0.714. The average molecular weight is 306 g/mol. The first-order valence-electron chi connectivity index (χ1n) is 7.40. The molecular formula is C14H22N6S. The van der Waals surface area contributed by atoms with E-state index in [4.69, 9.17) is 0 Å². The van der Waals surface area contributed by atoms with Crippen LogP contribution in [0.5, 0.6) is 0 Å². The highest BCUT2D eigenvalue weighted by Gasteiger charge is 2.45. The predicted octanol–water partition coefficient (Wildman–Crippen LogP) is 2.91. The molecule has 114 valence electrons. The molecule has 2 N–H and O–H groups in total. The van der Waals surface area contributed by atoms with Crippen molar-refractivity contribution in [2.45, 2.75) is 50.2 Å². The standard InChI is InChI=1S/C14H22N6S/c1-4-8-14(9-15,10-6-7-10)20-12-17-11(16-5-2)18-13(19-12)21-3/h10H,4-8H2,1-3H3,(H2,16,17,18,19,20). The van der Waals surface area contributed by atoms with Gasteiger partial charge in [0.05, 0.1) is 6.07 Å². The highest BCUT2D eigenvalue weighted by molar-refractivity contribution is 7.98. The van der Waals surface area contributed by atoms with Gasteiger partial charge in [-0.25, -0.2) is 0 Å². The van der Waals surface area contributed by atoms with Gasteiger partial charge in [-0.3, -0.25) is 0 Å². The molecule has 1 aliphatic carbocycles. The van der Waals surface area contributed by atoms with E-state index in [0.29, 0.717) is 23.0 Å². The highest BCUT2D eigenvalue weighted by atomic mass is 32.2. The number of hydrogen-bond acceptors (Lipinski definition) is 7. The van der Waals surface area contributed by atoms with Gasteiger partial charge in [0.2, 0.25) is 11.9 Å². The van der Waals surface area contributed by atoms with E-state index < -0.39 is 5.54 Å². The average Bonchev–Trinajstić information content (AvgIpc) is 3.32. The van der Waals surface area contributed by atoms with E-state index in [-0.39, 0.29) is 0 Å². The molecule has 21 heavy (non-hydrogen) atoms. The summed E-state index contributed by atoms with van der Waals surface area (Å²) in [5.74, 6) is 1.45. The third kappa shape index (κ3) is 3.76. The van der Waals surface area contributed by atoms with Gasteiger partial charge in [0.25, 0.3) is 0 Å². The maximum Gasteiger partial charge on any atom is 0.229 e. The molecule has 1 aliphatic rings. The lowest BCUT2D eigenvalue weighted by Gasteiger charge is -2.27. The Morgan fingerprint density at radius 3 is 2.52 bits per heavy atom. The van der Waals surface area contributed by atoms with Gasteiger partial charge in [-0.2, -0.15) is 20.2 Å². The predicted molar refractivity (Wildman–Crippen MR) is 85.4 cm³/mol. The first-order chi connectivity index (χ1) is 10.2. The fourth-order valence-corrected chi connectivity index (χ4v) is 2.81. The van der Waals surface area contributed by atoms with Crippen LogP contribution in [0.2, 0.25) is 0 Å². The maximum absolute atomic E-state index is 9.67. The number of anilines is 2. The Morgan fingerprint density at radius 2 is 2.00 bits per heavy atom. The van der Waals surface area contributed by atoms with Crippen LogP contribution in [-0.2, 0) is 0 Å². The number of nitrogens with one attached hydrogen (secondary N) is 2. The summed E-state index contributed by atoms with van der Waals surface area (Å²) < 4.78 is 0. The summed E-state index contributed by atoms with van der Waals surface area (Å²) in [5, 5.41) is 16.7. The van der Waals surface area contributed by atoms with Crippen molar-refractivity contribution in [3.8, 4) is 6.07 Å². The van der Waals surface area contributed by atoms with Gasteiger partial charge in [0.1, 0.15) is 5.54 Å². The SMILES string of the molecule is CCCC(C#N)(Nc1nc(NCC)nc(SC)n1)C1CC1. The number of hydrogen-bond donors (Lipinski definition) is 2. The van der Waals surface area contributed by atoms with E-state index >= 15 is 0 Å². The van der Waals surface area contributed by atoms with Crippen molar-refractivity contribution in [1.82, 2.24) is 15.0 Å². The van der Waals surface area contributed by atoms with E-state index in [1.54, 1.807) is 0 Å². The van der Waals surface area contributed by atoms with Crippen molar-refractivity contribution >= 4 is 23.7 Å². The molecule has 7 heteroatoms. The van der Waals surface area contributed by atoms with E-state index in [1.165, 1.54) is 11.8 Å². The van der Waals surface area contributed by atoms with Crippen LogP contribution in [-0.4, -0.2) is 33.3 Å². The molecule has 1 atom stereocenters. The molecular weight excluding hydrogens is 284 g/mol. The molecule has 1 fully saturated rings. The minimum Gasteiger partial charge on any atom is -0.354 e. The lowest BCUT2D eigenvalue weighted by atomic mass is 9.90. The van der Waals surface area contributed by atoms with Crippen LogP contribution in [0.25, 0.3) is 0 Å². The van der Waals surface area contributed by atoms with Crippen molar-refractivity contribution in [2.75, 3.05) is 23.4 Å². The van der Waals surface area contributed by atoms with Crippen LogP contribution in [0, 0.1) is 17.2 Å². The molecule has 0 bridgehead atoms. The van der Waals surface area contributed by atoms with Gasteiger partial charge in [-0.15, -0.1) is 0 Å². The van der Waals surface area contributed by atoms with Gasteiger partial charge in [-0.1, -0.05) is 25.1 Å². The lowest BCUT2D eigenvalue weighted by molar-refractivity contribution is 0.467. The zero-order chi connectivity index (χ0) is 15.3. The third-order valence-electron chi connectivity index (χ3n) is 3.59. The highest BCUT2D eigenvalue weighted by Crippen LogP contribution is 2.43. The number of thioether (sulfide) groups is 1. The Morgan fingerprint density at radius 1 is 1.29 bits per heavy atom. The fourth-order valence-electron chi connectivity index (χ4n) is 2.45. The summed E-state index contributed by atoms with van der Waals surface area (Å²) >= 11 is 1.47. The number of nitrogens with zero attached hydrogens (tertiary/aromatic N) is 4. The molecule has 1 aromatic heterocycles. The van der Waals surface area contributed by atoms with Gasteiger partial charge in [-0.05, 0) is 38.4 Å². The smallest absolute Gasteiger partial charge is 0.229 e. The third-order valence-corrected chi connectivity index (χ3v) is 4.13. The van der Waals surface area contributed by atoms with E-state index in [2.05, 4.69) is 38.6 Å². The Hall–Kier alpha value is -1.55. The molecule has 0 aliphatic heterocycles. The topological polar surface area (TPSA) is 86.5 Å². The molecule has 0 saturated heterocycles. The van der Waals surface area contributed by atoms with Crippen LogP contribution in [0.1, 0.15) is 39.5 Å². The number of rotatable bonds is 8. The molecule has 1 saturated carbocycles. The second-order valence-corrected chi connectivity index (χ2v) is 6.01. The Balaban J connectivity index is 2.27. The second-order valence-electron chi connectivity index (χ2n) is 5.23. The van der Waals surface area contributed by atoms with Crippen molar-refractivity contribution < 1.29 is 0 Å². The Labute approximate surface area is 130 Å². The molecule has 0 aromatic carbocycles. The molecule has 0 radical (unpaired) electrons. The molecule has 0 amide bonds. The summed E-state index contributed by atoms with van der Waals surface area (Å²) in [7, 11) is 0. The normalized spacial score (nSPS) is 16.9. The monoisotopic (exact) mass is 306 g/mol. The molecule has 2 rings (SSSR count). The molecule has 1 heterocycles. The van der Waals surface area contributed by atoms with E-state index in [0.717, 1.165) is 32.2 Å². The van der Waals surface area contributed by atoms with Crippen molar-refractivity contribution in [3.05, 3.63) is 0 Å².